The van der Waals surface area contributed by atoms with Gasteiger partial charge in [0, 0.05) is 31.2 Å². The zero-order chi connectivity index (χ0) is 18.4. The van der Waals surface area contributed by atoms with Crippen molar-refractivity contribution in [3.8, 4) is 11.1 Å². The minimum absolute atomic E-state index is 0.00469. The van der Waals surface area contributed by atoms with Crippen LogP contribution in [0.15, 0.2) is 48.5 Å². The van der Waals surface area contributed by atoms with Crippen molar-refractivity contribution < 1.29 is 9.53 Å². The molecule has 0 aromatic heterocycles. The molecule has 2 aromatic carbocycles. The van der Waals surface area contributed by atoms with Gasteiger partial charge in [0.15, 0.2) is 0 Å². The number of nitrogens with one attached hydrogen (secondary N) is 1. The molecular formula is C22H28N2O2. The van der Waals surface area contributed by atoms with Crippen LogP contribution in [0.25, 0.3) is 11.1 Å². The van der Waals surface area contributed by atoms with E-state index in [1.165, 1.54) is 11.1 Å². The van der Waals surface area contributed by atoms with Gasteiger partial charge in [-0.1, -0.05) is 42.0 Å². The summed E-state index contributed by atoms with van der Waals surface area (Å²) in [5.74, 6) is -0.00469. The normalized spacial score (nSPS) is 16.2. The summed E-state index contributed by atoms with van der Waals surface area (Å²) in [6, 6.07) is 16.4. The van der Waals surface area contributed by atoms with Crippen LogP contribution < -0.4 is 5.32 Å². The monoisotopic (exact) mass is 352 g/mol. The van der Waals surface area contributed by atoms with E-state index in [0.717, 1.165) is 44.8 Å². The summed E-state index contributed by atoms with van der Waals surface area (Å²) in [4.78, 5) is 14.8. The lowest BCUT2D eigenvalue weighted by atomic mass is 10.0. The number of aryl methyl sites for hydroxylation is 1. The van der Waals surface area contributed by atoms with Crippen molar-refractivity contribution in [2.75, 3.05) is 32.8 Å². The number of hydrogen-bond acceptors (Lipinski definition) is 3. The van der Waals surface area contributed by atoms with Crippen molar-refractivity contribution in [1.29, 1.82) is 0 Å². The summed E-state index contributed by atoms with van der Waals surface area (Å²) in [6.07, 6.45) is 0.952. The second-order valence-electron chi connectivity index (χ2n) is 7.06. The van der Waals surface area contributed by atoms with Crippen molar-refractivity contribution in [1.82, 2.24) is 10.2 Å². The Bertz CT molecular complexity index is 704. The van der Waals surface area contributed by atoms with E-state index in [2.05, 4.69) is 48.3 Å². The fraction of sp³-hybridized carbons (Fsp3) is 0.409. The standard InChI is InChI=1S/C22H28N2O2/c1-17-3-5-19(6-4-17)20-7-9-21(10-8-20)22(25)23-18(2)11-12-24-13-15-26-16-14-24/h3-10,18H,11-16H2,1-2H3,(H,23,25). The maximum absolute atomic E-state index is 12.5. The summed E-state index contributed by atoms with van der Waals surface area (Å²) in [5, 5.41) is 3.11. The first-order valence-corrected chi connectivity index (χ1v) is 9.40. The predicted molar refractivity (Wildman–Crippen MR) is 105 cm³/mol. The quantitative estimate of drug-likeness (QED) is 0.865. The Morgan fingerprint density at radius 1 is 1.04 bits per heavy atom. The largest absolute Gasteiger partial charge is 0.379 e. The van der Waals surface area contributed by atoms with Crippen LogP contribution in [0.4, 0.5) is 0 Å². The number of amides is 1. The lowest BCUT2D eigenvalue weighted by Gasteiger charge is -2.27. The van der Waals surface area contributed by atoms with Gasteiger partial charge in [0.1, 0.15) is 0 Å². The highest BCUT2D eigenvalue weighted by Crippen LogP contribution is 2.20. The van der Waals surface area contributed by atoms with Crippen LogP contribution in [-0.4, -0.2) is 49.7 Å². The molecule has 138 valence electrons. The highest BCUT2D eigenvalue weighted by atomic mass is 16.5. The number of hydrogen-bond donors (Lipinski definition) is 1. The Labute approximate surface area is 156 Å². The van der Waals surface area contributed by atoms with Gasteiger partial charge >= 0.3 is 0 Å². The zero-order valence-electron chi connectivity index (χ0n) is 15.7. The summed E-state index contributed by atoms with van der Waals surface area (Å²) in [7, 11) is 0. The number of carbonyl (C=O) groups excluding carboxylic acids is 1. The molecule has 1 atom stereocenters. The number of rotatable bonds is 6. The zero-order valence-corrected chi connectivity index (χ0v) is 15.7. The number of carbonyl (C=O) groups is 1. The Morgan fingerprint density at radius 2 is 1.62 bits per heavy atom. The second kappa shape index (κ2) is 8.97. The maximum atomic E-state index is 12.5. The summed E-state index contributed by atoms with van der Waals surface area (Å²) in [6.45, 7) is 8.75. The maximum Gasteiger partial charge on any atom is 0.251 e. The van der Waals surface area contributed by atoms with Crippen molar-refractivity contribution in [2.24, 2.45) is 0 Å². The Hall–Kier alpha value is -2.17. The first-order valence-electron chi connectivity index (χ1n) is 9.40. The third kappa shape index (κ3) is 5.16. The topological polar surface area (TPSA) is 41.6 Å². The lowest BCUT2D eigenvalue weighted by molar-refractivity contribution is 0.0363. The third-order valence-electron chi connectivity index (χ3n) is 4.89. The molecule has 1 aliphatic rings. The molecular weight excluding hydrogens is 324 g/mol. The number of benzene rings is 2. The van der Waals surface area contributed by atoms with Gasteiger partial charge in [-0.3, -0.25) is 9.69 Å². The van der Waals surface area contributed by atoms with Crippen LogP contribution in [0.5, 0.6) is 0 Å². The van der Waals surface area contributed by atoms with Gasteiger partial charge in [0.2, 0.25) is 0 Å². The molecule has 1 heterocycles. The fourth-order valence-electron chi connectivity index (χ4n) is 3.14. The summed E-state index contributed by atoms with van der Waals surface area (Å²) < 4.78 is 5.36. The molecule has 0 radical (unpaired) electrons. The molecule has 4 heteroatoms. The highest BCUT2D eigenvalue weighted by molar-refractivity contribution is 5.94. The van der Waals surface area contributed by atoms with Gasteiger partial charge in [-0.2, -0.15) is 0 Å². The molecule has 3 rings (SSSR count). The van der Waals surface area contributed by atoms with E-state index in [-0.39, 0.29) is 11.9 Å². The van der Waals surface area contributed by atoms with E-state index in [1.807, 2.05) is 24.3 Å². The Kier molecular flexibility index (Phi) is 6.42. The average molecular weight is 352 g/mol. The summed E-state index contributed by atoms with van der Waals surface area (Å²) >= 11 is 0. The van der Waals surface area contributed by atoms with Crippen molar-refractivity contribution in [3.63, 3.8) is 0 Å². The van der Waals surface area contributed by atoms with E-state index in [1.54, 1.807) is 0 Å². The van der Waals surface area contributed by atoms with Crippen molar-refractivity contribution in [2.45, 2.75) is 26.3 Å². The molecule has 1 aliphatic heterocycles. The van der Waals surface area contributed by atoms with Crippen molar-refractivity contribution in [3.05, 3.63) is 59.7 Å². The first-order chi connectivity index (χ1) is 12.6. The first kappa shape index (κ1) is 18.6. The highest BCUT2D eigenvalue weighted by Gasteiger charge is 2.14. The van der Waals surface area contributed by atoms with Crippen LogP contribution in [0, 0.1) is 6.92 Å². The Balaban J connectivity index is 1.51. The van der Waals surface area contributed by atoms with Gasteiger partial charge in [0.25, 0.3) is 5.91 Å². The smallest absolute Gasteiger partial charge is 0.251 e. The lowest BCUT2D eigenvalue weighted by Crippen LogP contribution is -2.40. The van der Waals surface area contributed by atoms with E-state index in [9.17, 15) is 4.79 Å². The molecule has 1 N–H and O–H groups in total. The molecule has 0 bridgehead atoms. The average Bonchev–Trinajstić information content (AvgIpc) is 2.68. The van der Waals surface area contributed by atoms with E-state index < -0.39 is 0 Å². The van der Waals surface area contributed by atoms with Crippen LogP contribution in [0.1, 0.15) is 29.3 Å². The van der Waals surface area contributed by atoms with Gasteiger partial charge in [-0.05, 0) is 43.5 Å². The summed E-state index contributed by atoms with van der Waals surface area (Å²) in [5.41, 5.74) is 4.25. The number of nitrogens with zero attached hydrogens (tertiary/aromatic N) is 1. The SMILES string of the molecule is Cc1ccc(-c2ccc(C(=O)NC(C)CCN3CCOCC3)cc2)cc1. The van der Waals surface area contributed by atoms with Crippen LogP contribution in [-0.2, 0) is 4.74 Å². The second-order valence-corrected chi connectivity index (χ2v) is 7.06. The molecule has 1 amide bonds. The van der Waals surface area contributed by atoms with Crippen LogP contribution in [0.3, 0.4) is 0 Å². The Morgan fingerprint density at radius 3 is 2.23 bits per heavy atom. The van der Waals surface area contributed by atoms with Gasteiger partial charge < -0.3 is 10.1 Å². The third-order valence-corrected chi connectivity index (χ3v) is 4.89. The van der Waals surface area contributed by atoms with Crippen molar-refractivity contribution >= 4 is 5.91 Å². The van der Waals surface area contributed by atoms with E-state index in [0.29, 0.717) is 5.56 Å². The number of morpholine rings is 1. The molecule has 1 fully saturated rings. The van der Waals surface area contributed by atoms with Gasteiger partial charge in [0.05, 0.1) is 13.2 Å². The molecule has 26 heavy (non-hydrogen) atoms. The van der Waals surface area contributed by atoms with Gasteiger partial charge in [-0.15, -0.1) is 0 Å². The van der Waals surface area contributed by atoms with Crippen LogP contribution >= 0.6 is 0 Å². The minimum Gasteiger partial charge on any atom is -0.379 e. The van der Waals surface area contributed by atoms with Crippen LogP contribution in [0.2, 0.25) is 0 Å². The predicted octanol–water partition coefficient (Wildman–Crippen LogP) is 3.50. The minimum atomic E-state index is -0.00469. The molecule has 4 nitrogen and oxygen atoms in total. The molecule has 2 aromatic rings. The van der Waals surface area contributed by atoms with E-state index in [4.69, 9.17) is 4.74 Å². The van der Waals surface area contributed by atoms with Gasteiger partial charge in [-0.25, -0.2) is 0 Å². The molecule has 1 saturated heterocycles. The molecule has 1 unspecified atom stereocenters. The number of ether oxygens (including phenoxy) is 1. The fourth-order valence-corrected chi connectivity index (χ4v) is 3.14. The molecule has 0 aliphatic carbocycles. The molecule has 0 spiro atoms. The van der Waals surface area contributed by atoms with E-state index >= 15 is 0 Å². The molecule has 0 saturated carbocycles.